The van der Waals surface area contributed by atoms with E-state index in [0.29, 0.717) is 21.8 Å². The lowest BCUT2D eigenvalue weighted by molar-refractivity contribution is 0.0906. The molecule has 0 saturated carbocycles. The van der Waals surface area contributed by atoms with Crippen LogP contribution >= 0.6 is 11.8 Å². The van der Waals surface area contributed by atoms with Crippen LogP contribution in [0.5, 0.6) is 0 Å². The molecule has 3 rings (SSSR count). The molecule has 2 fully saturated rings. The number of pyridine rings is 1. The van der Waals surface area contributed by atoms with Crippen LogP contribution in [0.25, 0.3) is 0 Å². The highest BCUT2D eigenvalue weighted by Crippen LogP contribution is 2.46. The van der Waals surface area contributed by atoms with E-state index < -0.39 is 0 Å². The van der Waals surface area contributed by atoms with Crippen LogP contribution in [-0.4, -0.2) is 21.3 Å². The van der Waals surface area contributed by atoms with Crippen molar-refractivity contribution in [2.24, 2.45) is 5.92 Å². The summed E-state index contributed by atoms with van der Waals surface area (Å²) in [6.45, 7) is 1.84. The number of aryl methyl sites for hydroxylation is 1. The first kappa shape index (κ1) is 12.7. The minimum absolute atomic E-state index is 0.160. The van der Waals surface area contributed by atoms with Crippen molar-refractivity contribution >= 4 is 17.5 Å². The van der Waals surface area contributed by atoms with Crippen molar-refractivity contribution in [1.29, 1.82) is 5.26 Å². The Kier molecular flexibility index (Phi) is 3.32. The topological polar surface area (TPSA) is 53.8 Å². The Labute approximate surface area is 117 Å². The minimum atomic E-state index is 0.160. The second-order valence-electron chi connectivity index (χ2n) is 5.49. The number of nitrogens with zero attached hydrogens (tertiary/aromatic N) is 2. The van der Waals surface area contributed by atoms with E-state index in [9.17, 15) is 4.79 Å². The second-order valence-corrected chi connectivity index (χ2v) is 7.10. The summed E-state index contributed by atoms with van der Waals surface area (Å²) in [5.41, 5.74) is 1.88. The Hall–Kier alpha value is -1.34. The number of nitriles is 1. The number of ketones is 1. The van der Waals surface area contributed by atoms with Gasteiger partial charge >= 0.3 is 0 Å². The Balaban J connectivity index is 1.80. The molecule has 0 aliphatic carbocycles. The summed E-state index contributed by atoms with van der Waals surface area (Å²) in [5.74, 6) is 0.380. The number of rotatable bonds is 2. The molecule has 2 unspecified atom stereocenters. The normalized spacial score (nSPS) is 28.9. The molecule has 2 atom stereocenters. The van der Waals surface area contributed by atoms with Crippen LogP contribution in [0.1, 0.15) is 47.3 Å². The van der Waals surface area contributed by atoms with E-state index in [0.717, 1.165) is 18.4 Å². The van der Waals surface area contributed by atoms with Crippen molar-refractivity contribution in [2.75, 3.05) is 0 Å². The van der Waals surface area contributed by atoms with Gasteiger partial charge in [-0.1, -0.05) is 0 Å². The standard InChI is InChI=1S/C15H16N2OS/c1-9-4-11(8-17-14(9)7-16)15(18)10-5-12-2-3-13(6-10)19-12/h4,8,10,12-13H,2-3,5-6H2,1H3. The molecule has 3 nitrogen and oxygen atoms in total. The second kappa shape index (κ2) is 4.97. The molecule has 1 aromatic heterocycles. The Morgan fingerprint density at radius 1 is 1.42 bits per heavy atom. The molecule has 0 amide bonds. The molecule has 0 spiro atoms. The SMILES string of the molecule is Cc1cc(C(=O)C2CC3CCC(C2)S3)cnc1C#N. The quantitative estimate of drug-likeness (QED) is 0.776. The van der Waals surface area contributed by atoms with Crippen LogP contribution in [-0.2, 0) is 0 Å². The van der Waals surface area contributed by atoms with Crippen LogP contribution in [0.15, 0.2) is 12.3 Å². The summed E-state index contributed by atoms with van der Waals surface area (Å²) in [5, 5.41) is 10.2. The molecule has 1 aromatic rings. The van der Waals surface area contributed by atoms with Gasteiger partial charge in [-0.2, -0.15) is 17.0 Å². The summed E-state index contributed by atoms with van der Waals surface area (Å²) in [7, 11) is 0. The third kappa shape index (κ3) is 2.40. The molecule has 0 aromatic carbocycles. The zero-order valence-corrected chi connectivity index (χ0v) is 11.7. The van der Waals surface area contributed by atoms with Gasteiger partial charge in [0, 0.05) is 28.2 Å². The number of hydrogen-bond donors (Lipinski definition) is 0. The summed E-state index contributed by atoms with van der Waals surface area (Å²) in [4.78, 5) is 16.6. The molecule has 2 saturated heterocycles. The van der Waals surface area contributed by atoms with Gasteiger partial charge in [0.2, 0.25) is 0 Å². The first-order valence-electron chi connectivity index (χ1n) is 6.74. The number of hydrogen-bond acceptors (Lipinski definition) is 4. The number of fused-ring (bicyclic) bond motifs is 2. The maximum atomic E-state index is 12.5. The van der Waals surface area contributed by atoms with Crippen LogP contribution in [0.4, 0.5) is 0 Å². The third-order valence-corrected chi connectivity index (χ3v) is 5.76. The molecule has 0 radical (unpaired) electrons. The van der Waals surface area contributed by atoms with Crippen molar-refractivity contribution < 1.29 is 4.79 Å². The highest BCUT2D eigenvalue weighted by Gasteiger charge is 2.37. The van der Waals surface area contributed by atoms with E-state index in [-0.39, 0.29) is 11.7 Å². The van der Waals surface area contributed by atoms with Crippen LogP contribution < -0.4 is 0 Å². The molecule has 2 aliphatic heterocycles. The molecule has 98 valence electrons. The monoisotopic (exact) mass is 272 g/mol. The minimum Gasteiger partial charge on any atom is -0.294 e. The maximum absolute atomic E-state index is 12.5. The average molecular weight is 272 g/mol. The van der Waals surface area contributed by atoms with Gasteiger partial charge in [0.1, 0.15) is 11.8 Å². The van der Waals surface area contributed by atoms with E-state index in [1.54, 1.807) is 6.20 Å². The lowest BCUT2D eigenvalue weighted by Gasteiger charge is -2.26. The molecule has 0 N–H and O–H groups in total. The Morgan fingerprint density at radius 2 is 2.11 bits per heavy atom. The first-order valence-corrected chi connectivity index (χ1v) is 7.68. The molecule has 2 aliphatic rings. The van der Waals surface area contributed by atoms with Gasteiger partial charge in [-0.05, 0) is 44.2 Å². The van der Waals surface area contributed by atoms with Crippen molar-refractivity contribution in [3.63, 3.8) is 0 Å². The molecule has 19 heavy (non-hydrogen) atoms. The number of aromatic nitrogens is 1. The number of thioether (sulfide) groups is 1. The lowest BCUT2D eigenvalue weighted by Crippen LogP contribution is -2.25. The fourth-order valence-electron chi connectivity index (χ4n) is 3.13. The average Bonchev–Trinajstić information content (AvgIpc) is 2.76. The smallest absolute Gasteiger partial charge is 0.167 e. The molecule has 2 bridgehead atoms. The van der Waals surface area contributed by atoms with E-state index >= 15 is 0 Å². The van der Waals surface area contributed by atoms with E-state index in [2.05, 4.69) is 16.7 Å². The molecule has 3 heterocycles. The van der Waals surface area contributed by atoms with Crippen molar-refractivity contribution in [2.45, 2.75) is 43.1 Å². The molecular formula is C15H16N2OS. The first-order chi connectivity index (χ1) is 9.17. The Bertz CT molecular complexity index is 552. The lowest BCUT2D eigenvalue weighted by atomic mass is 9.90. The summed E-state index contributed by atoms with van der Waals surface area (Å²) >= 11 is 2.07. The largest absolute Gasteiger partial charge is 0.294 e. The van der Waals surface area contributed by atoms with Gasteiger partial charge in [-0.15, -0.1) is 0 Å². The van der Waals surface area contributed by atoms with Crippen molar-refractivity contribution in [1.82, 2.24) is 4.98 Å². The third-order valence-electron chi connectivity index (χ3n) is 4.13. The van der Waals surface area contributed by atoms with Crippen LogP contribution in [0.3, 0.4) is 0 Å². The van der Waals surface area contributed by atoms with Gasteiger partial charge in [0.25, 0.3) is 0 Å². The zero-order valence-electron chi connectivity index (χ0n) is 10.9. The highest BCUT2D eigenvalue weighted by molar-refractivity contribution is 8.00. The van der Waals surface area contributed by atoms with E-state index in [4.69, 9.17) is 5.26 Å². The highest BCUT2D eigenvalue weighted by atomic mass is 32.2. The van der Waals surface area contributed by atoms with Crippen molar-refractivity contribution in [3.05, 3.63) is 29.1 Å². The summed E-state index contributed by atoms with van der Waals surface area (Å²) < 4.78 is 0. The fourth-order valence-corrected chi connectivity index (χ4v) is 4.91. The zero-order chi connectivity index (χ0) is 13.4. The predicted octanol–water partition coefficient (Wildman–Crippen LogP) is 3.12. The predicted molar refractivity (Wildman–Crippen MR) is 75.1 cm³/mol. The van der Waals surface area contributed by atoms with Crippen molar-refractivity contribution in [3.8, 4) is 6.07 Å². The van der Waals surface area contributed by atoms with E-state index in [1.807, 2.05) is 19.1 Å². The van der Waals surface area contributed by atoms with Gasteiger partial charge in [-0.25, -0.2) is 4.98 Å². The van der Waals surface area contributed by atoms with E-state index in [1.165, 1.54) is 12.8 Å². The van der Waals surface area contributed by atoms with Gasteiger partial charge in [0.05, 0.1) is 0 Å². The van der Waals surface area contributed by atoms with Gasteiger partial charge in [0.15, 0.2) is 5.78 Å². The van der Waals surface area contributed by atoms with Gasteiger partial charge in [-0.3, -0.25) is 4.79 Å². The fraction of sp³-hybridized carbons (Fsp3) is 0.533. The molecule has 4 heteroatoms. The number of carbonyl (C=O) groups is 1. The summed E-state index contributed by atoms with van der Waals surface area (Å²) in [6, 6.07) is 3.86. The number of carbonyl (C=O) groups excluding carboxylic acids is 1. The van der Waals surface area contributed by atoms with Crippen LogP contribution in [0, 0.1) is 24.2 Å². The van der Waals surface area contributed by atoms with Gasteiger partial charge < -0.3 is 0 Å². The van der Waals surface area contributed by atoms with Crippen LogP contribution in [0.2, 0.25) is 0 Å². The number of Topliss-reactive ketones (excluding diaryl/α,β-unsaturated/α-hetero) is 1. The Morgan fingerprint density at radius 3 is 2.68 bits per heavy atom. The summed E-state index contributed by atoms with van der Waals surface area (Å²) in [6.07, 6.45) is 6.13. The molecular weight excluding hydrogens is 256 g/mol. The maximum Gasteiger partial charge on any atom is 0.167 e.